The molecule has 0 aliphatic carbocycles. The molecular formula is C19H37N5O5S. The van der Waals surface area contributed by atoms with Gasteiger partial charge in [-0.3, -0.25) is 15.1 Å². The fourth-order valence-electron chi connectivity index (χ4n) is 4.48. The lowest BCUT2D eigenvalue weighted by Crippen LogP contribution is -2.67. The Labute approximate surface area is 182 Å². The molecule has 11 heteroatoms. The third kappa shape index (κ3) is 5.77. The molecule has 9 atom stereocenters. The highest BCUT2D eigenvalue weighted by atomic mass is 32.2. The lowest BCUT2D eigenvalue weighted by atomic mass is 9.90. The lowest BCUT2D eigenvalue weighted by molar-refractivity contribution is -0.206. The van der Waals surface area contributed by atoms with Crippen LogP contribution in [0.4, 0.5) is 0 Å². The quantitative estimate of drug-likeness (QED) is 0.176. The Kier molecular flexibility index (Phi) is 9.19. The summed E-state index contributed by atoms with van der Waals surface area (Å²) in [6.07, 6.45) is -0.495. The number of hydrogen-bond acceptors (Lipinski definition) is 8. The van der Waals surface area contributed by atoms with Crippen LogP contribution in [0.5, 0.6) is 0 Å². The first-order valence-corrected chi connectivity index (χ1v) is 11.7. The van der Waals surface area contributed by atoms with E-state index in [1.807, 2.05) is 11.9 Å². The third-order valence-electron chi connectivity index (χ3n) is 6.06. The van der Waals surface area contributed by atoms with Crippen molar-refractivity contribution in [3.63, 3.8) is 0 Å². The van der Waals surface area contributed by atoms with Gasteiger partial charge in [-0.1, -0.05) is 13.3 Å². The number of carbonyl (C=O) groups excluding carboxylic acids is 1. The Morgan fingerprint density at radius 3 is 2.53 bits per heavy atom. The van der Waals surface area contributed by atoms with Crippen molar-refractivity contribution in [2.24, 2.45) is 11.7 Å². The molecule has 30 heavy (non-hydrogen) atoms. The summed E-state index contributed by atoms with van der Waals surface area (Å²) in [6.45, 7) is 4.69. The molecule has 2 aliphatic rings. The number of ether oxygens (including phenoxy) is 1. The number of nitrogens with one attached hydrogen (secondary N) is 3. The summed E-state index contributed by atoms with van der Waals surface area (Å²) in [5, 5.41) is 44.3. The maximum atomic E-state index is 13.1. The SMILES string of the molecule is CCC[C@@H]1C[C@@H](C(=O)N[C@@H]([C@H]2OC(SC)[C@H](O)C(O)[C@@H]2O)[C@H](C)NC(=N)N)N(C)C1. The maximum absolute atomic E-state index is 13.1. The Morgan fingerprint density at radius 2 is 1.97 bits per heavy atom. The molecule has 174 valence electrons. The van der Waals surface area contributed by atoms with Crippen LogP contribution in [-0.4, -0.2) is 99.9 Å². The average Bonchev–Trinajstić information content (AvgIpc) is 3.05. The maximum Gasteiger partial charge on any atom is 0.237 e. The van der Waals surface area contributed by atoms with Crippen LogP contribution in [-0.2, 0) is 9.53 Å². The molecule has 2 heterocycles. The standard InChI is InChI=1S/C19H37N5O5S/c1-5-6-10-7-11(24(3)8-10)17(28)23-12(9(2)22-19(20)21)16-14(26)13(25)15(27)18(29-16)30-4/h9-16,18,25-27H,5-8H2,1-4H3,(H,23,28)(H4,20,21,22)/t9-,10+,11-,12+,13?,14-,15+,16+,18?/m0/s1. The molecular weight excluding hydrogens is 410 g/mol. The first-order valence-electron chi connectivity index (χ1n) is 10.4. The zero-order valence-electron chi connectivity index (χ0n) is 18.1. The molecule has 0 radical (unpaired) electrons. The van der Waals surface area contributed by atoms with E-state index in [1.165, 1.54) is 11.8 Å². The van der Waals surface area contributed by atoms with Crippen LogP contribution in [0.25, 0.3) is 0 Å². The second-order valence-corrected chi connectivity index (χ2v) is 9.34. The Hall–Kier alpha value is -1.11. The van der Waals surface area contributed by atoms with Crippen molar-refractivity contribution in [1.82, 2.24) is 15.5 Å². The van der Waals surface area contributed by atoms with E-state index in [-0.39, 0.29) is 17.9 Å². The number of likely N-dealkylation sites (N-methyl/N-ethyl adjacent to an activating group) is 1. The van der Waals surface area contributed by atoms with E-state index in [0.717, 1.165) is 25.8 Å². The highest BCUT2D eigenvalue weighted by molar-refractivity contribution is 7.99. The van der Waals surface area contributed by atoms with Crippen molar-refractivity contribution in [3.8, 4) is 0 Å². The third-order valence-corrected chi connectivity index (χ3v) is 6.91. The summed E-state index contributed by atoms with van der Waals surface area (Å²) in [6, 6.07) is -1.65. The number of rotatable bonds is 8. The van der Waals surface area contributed by atoms with Crippen molar-refractivity contribution in [2.45, 2.75) is 81.1 Å². The van der Waals surface area contributed by atoms with E-state index in [1.54, 1.807) is 13.2 Å². The van der Waals surface area contributed by atoms with E-state index in [0.29, 0.717) is 5.92 Å². The van der Waals surface area contributed by atoms with Crippen LogP contribution >= 0.6 is 11.8 Å². The molecule has 0 saturated carbocycles. The molecule has 2 rings (SSSR count). The zero-order valence-corrected chi connectivity index (χ0v) is 18.9. The predicted molar refractivity (Wildman–Crippen MR) is 116 cm³/mol. The molecule has 2 saturated heterocycles. The molecule has 0 aromatic rings. The summed E-state index contributed by atoms with van der Waals surface area (Å²) >= 11 is 1.21. The molecule has 1 amide bonds. The molecule has 0 bridgehead atoms. The number of likely N-dealkylation sites (tertiary alicyclic amines) is 1. The molecule has 0 aromatic carbocycles. The van der Waals surface area contributed by atoms with Crippen molar-refractivity contribution in [3.05, 3.63) is 0 Å². The van der Waals surface area contributed by atoms with Gasteiger partial charge < -0.3 is 36.4 Å². The minimum Gasteiger partial charge on any atom is -0.388 e. The highest BCUT2D eigenvalue weighted by Gasteiger charge is 2.48. The van der Waals surface area contributed by atoms with Crippen LogP contribution in [0, 0.1) is 11.3 Å². The van der Waals surface area contributed by atoms with Gasteiger partial charge in [0, 0.05) is 12.6 Å². The van der Waals surface area contributed by atoms with E-state index in [4.69, 9.17) is 15.9 Å². The number of aliphatic hydroxyl groups is 3. The minimum absolute atomic E-state index is 0.199. The molecule has 8 N–H and O–H groups in total. The summed E-state index contributed by atoms with van der Waals surface area (Å²) in [5.41, 5.74) is 4.72. The lowest BCUT2D eigenvalue weighted by Gasteiger charge is -2.45. The number of amides is 1. The van der Waals surface area contributed by atoms with Gasteiger partial charge in [0.2, 0.25) is 5.91 Å². The summed E-state index contributed by atoms with van der Waals surface area (Å²) in [4.78, 5) is 15.2. The van der Waals surface area contributed by atoms with Gasteiger partial charge in [-0.05, 0) is 39.0 Å². The van der Waals surface area contributed by atoms with Crippen LogP contribution in [0.15, 0.2) is 0 Å². The fourth-order valence-corrected chi connectivity index (χ4v) is 5.16. The summed E-state index contributed by atoms with van der Waals surface area (Å²) in [7, 11) is 1.92. The minimum atomic E-state index is -1.42. The van der Waals surface area contributed by atoms with Crippen molar-refractivity contribution >= 4 is 23.6 Å². The summed E-state index contributed by atoms with van der Waals surface area (Å²) in [5.74, 6) is -0.0261. The monoisotopic (exact) mass is 447 g/mol. The van der Waals surface area contributed by atoms with E-state index < -0.39 is 41.9 Å². The van der Waals surface area contributed by atoms with Gasteiger partial charge in [-0.2, -0.15) is 0 Å². The molecule has 10 nitrogen and oxygen atoms in total. The number of thioether (sulfide) groups is 1. The Morgan fingerprint density at radius 1 is 1.30 bits per heavy atom. The zero-order chi connectivity index (χ0) is 22.6. The Balaban J connectivity index is 2.21. The van der Waals surface area contributed by atoms with Crippen LogP contribution in [0.2, 0.25) is 0 Å². The van der Waals surface area contributed by atoms with Gasteiger partial charge in [-0.15, -0.1) is 11.8 Å². The number of aliphatic hydroxyl groups excluding tert-OH is 3. The van der Waals surface area contributed by atoms with Crippen molar-refractivity contribution in [1.29, 1.82) is 5.41 Å². The highest BCUT2D eigenvalue weighted by Crippen LogP contribution is 2.30. The van der Waals surface area contributed by atoms with E-state index in [9.17, 15) is 20.1 Å². The predicted octanol–water partition coefficient (Wildman–Crippen LogP) is -1.37. The van der Waals surface area contributed by atoms with E-state index >= 15 is 0 Å². The number of carbonyl (C=O) groups is 1. The van der Waals surface area contributed by atoms with Crippen LogP contribution in [0.3, 0.4) is 0 Å². The molecule has 0 aromatic heterocycles. The average molecular weight is 448 g/mol. The normalized spacial score (nSPS) is 36.8. The first-order chi connectivity index (χ1) is 14.1. The second kappa shape index (κ2) is 11.0. The largest absolute Gasteiger partial charge is 0.388 e. The molecule has 2 fully saturated rings. The first kappa shape index (κ1) is 25.2. The second-order valence-electron chi connectivity index (χ2n) is 8.40. The van der Waals surface area contributed by atoms with Crippen molar-refractivity contribution in [2.75, 3.05) is 19.8 Å². The molecule has 2 aliphatic heterocycles. The van der Waals surface area contributed by atoms with Gasteiger partial charge in [0.25, 0.3) is 0 Å². The number of nitrogens with two attached hydrogens (primary N) is 1. The summed E-state index contributed by atoms with van der Waals surface area (Å²) < 4.78 is 5.87. The van der Waals surface area contributed by atoms with E-state index in [2.05, 4.69) is 17.6 Å². The van der Waals surface area contributed by atoms with Crippen molar-refractivity contribution < 1.29 is 24.9 Å². The van der Waals surface area contributed by atoms with Gasteiger partial charge in [0.05, 0.1) is 12.1 Å². The van der Waals surface area contributed by atoms with Crippen LogP contribution < -0.4 is 16.4 Å². The fraction of sp³-hybridized carbons (Fsp3) is 0.895. The smallest absolute Gasteiger partial charge is 0.237 e. The van der Waals surface area contributed by atoms with Gasteiger partial charge in [-0.25, -0.2) is 0 Å². The van der Waals surface area contributed by atoms with Crippen LogP contribution in [0.1, 0.15) is 33.1 Å². The Bertz CT molecular complexity index is 598. The number of guanidine groups is 1. The van der Waals surface area contributed by atoms with Gasteiger partial charge in [0.1, 0.15) is 29.9 Å². The molecule has 0 spiro atoms. The topological polar surface area (TPSA) is 164 Å². The number of hydrogen-bond donors (Lipinski definition) is 7. The van der Waals surface area contributed by atoms with Gasteiger partial charge in [0.15, 0.2) is 5.96 Å². The molecule has 2 unspecified atom stereocenters. The van der Waals surface area contributed by atoms with Gasteiger partial charge >= 0.3 is 0 Å². The number of nitrogens with zero attached hydrogens (tertiary/aromatic N) is 1.